The molecule has 17 heavy (non-hydrogen) atoms. The van der Waals surface area contributed by atoms with Gasteiger partial charge in [0, 0.05) is 6.54 Å². The van der Waals surface area contributed by atoms with Gasteiger partial charge in [-0.3, -0.25) is 0 Å². The second-order valence-corrected chi connectivity index (χ2v) is 5.73. The van der Waals surface area contributed by atoms with E-state index in [9.17, 15) is 0 Å². The van der Waals surface area contributed by atoms with Gasteiger partial charge in [-0.25, -0.2) is 4.98 Å². The van der Waals surface area contributed by atoms with Crippen LogP contribution in [0.5, 0.6) is 0 Å². The third-order valence-electron chi connectivity index (χ3n) is 3.53. The van der Waals surface area contributed by atoms with Crippen LogP contribution >= 0.6 is 15.9 Å². The second-order valence-electron chi connectivity index (χ2n) is 4.92. The lowest BCUT2D eigenvalue weighted by molar-refractivity contribution is 0.333. The van der Waals surface area contributed by atoms with E-state index in [1.165, 1.54) is 38.5 Å². The first-order chi connectivity index (χ1) is 8.34. The number of halogens is 1. The fraction of sp³-hybridized carbons (Fsp3) is 0.643. The van der Waals surface area contributed by atoms with Crippen molar-refractivity contribution in [3.63, 3.8) is 0 Å². The van der Waals surface area contributed by atoms with Gasteiger partial charge >= 0.3 is 0 Å². The van der Waals surface area contributed by atoms with Gasteiger partial charge in [0.2, 0.25) is 0 Å². The van der Waals surface area contributed by atoms with Gasteiger partial charge < -0.3 is 5.32 Å². The zero-order chi connectivity index (χ0) is 11.9. The smallest absolute Gasteiger partial charge is 0.106 e. The summed E-state index contributed by atoms with van der Waals surface area (Å²) in [6, 6.07) is 6.07. The SMILES string of the molecule is Brc1cccc(CNCCC2CCCCC2)n1. The third kappa shape index (κ3) is 4.76. The molecular formula is C14H21BrN2. The number of hydrogen-bond acceptors (Lipinski definition) is 2. The van der Waals surface area contributed by atoms with Gasteiger partial charge in [-0.2, -0.15) is 0 Å². The number of pyridine rings is 1. The van der Waals surface area contributed by atoms with Crippen molar-refractivity contribution >= 4 is 15.9 Å². The van der Waals surface area contributed by atoms with Gasteiger partial charge in [-0.1, -0.05) is 38.2 Å². The molecule has 0 saturated heterocycles. The van der Waals surface area contributed by atoms with Crippen LogP contribution in [0.25, 0.3) is 0 Å². The molecule has 1 aliphatic carbocycles. The van der Waals surface area contributed by atoms with Crippen LogP contribution < -0.4 is 5.32 Å². The van der Waals surface area contributed by atoms with Crippen molar-refractivity contribution in [2.24, 2.45) is 5.92 Å². The van der Waals surface area contributed by atoms with E-state index in [2.05, 4.69) is 32.3 Å². The molecule has 0 aliphatic heterocycles. The Balaban J connectivity index is 1.62. The molecule has 1 saturated carbocycles. The molecule has 1 aromatic heterocycles. The van der Waals surface area contributed by atoms with Crippen molar-refractivity contribution in [2.75, 3.05) is 6.54 Å². The minimum atomic E-state index is 0.881. The topological polar surface area (TPSA) is 24.9 Å². The highest BCUT2D eigenvalue weighted by Gasteiger charge is 2.12. The van der Waals surface area contributed by atoms with Crippen LogP contribution in [-0.4, -0.2) is 11.5 Å². The molecule has 0 spiro atoms. The molecule has 0 radical (unpaired) electrons. The molecule has 1 heterocycles. The lowest BCUT2D eigenvalue weighted by atomic mass is 9.87. The number of nitrogens with one attached hydrogen (secondary N) is 1. The van der Waals surface area contributed by atoms with Gasteiger partial charge in [0.1, 0.15) is 4.60 Å². The lowest BCUT2D eigenvalue weighted by Gasteiger charge is -2.21. The van der Waals surface area contributed by atoms with Gasteiger partial charge in [0.15, 0.2) is 0 Å². The van der Waals surface area contributed by atoms with Crippen LogP contribution in [0.1, 0.15) is 44.2 Å². The highest BCUT2D eigenvalue weighted by Crippen LogP contribution is 2.25. The van der Waals surface area contributed by atoms with Crippen molar-refractivity contribution < 1.29 is 0 Å². The van der Waals surface area contributed by atoms with E-state index in [1.54, 1.807) is 0 Å². The zero-order valence-corrected chi connectivity index (χ0v) is 11.9. The number of hydrogen-bond donors (Lipinski definition) is 1. The Kier molecular flexibility index (Phi) is 5.46. The predicted molar refractivity (Wildman–Crippen MR) is 74.8 cm³/mol. The second kappa shape index (κ2) is 7.12. The van der Waals surface area contributed by atoms with E-state index >= 15 is 0 Å². The van der Waals surface area contributed by atoms with E-state index in [-0.39, 0.29) is 0 Å². The maximum absolute atomic E-state index is 4.41. The Morgan fingerprint density at radius 1 is 1.24 bits per heavy atom. The zero-order valence-electron chi connectivity index (χ0n) is 10.3. The van der Waals surface area contributed by atoms with Gasteiger partial charge in [0.05, 0.1) is 5.69 Å². The van der Waals surface area contributed by atoms with Crippen LogP contribution in [0.4, 0.5) is 0 Å². The molecule has 0 aromatic carbocycles. The third-order valence-corrected chi connectivity index (χ3v) is 3.97. The van der Waals surface area contributed by atoms with Gasteiger partial charge in [-0.15, -0.1) is 0 Å². The van der Waals surface area contributed by atoms with Crippen molar-refractivity contribution in [2.45, 2.75) is 45.1 Å². The summed E-state index contributed by atoms with van der Waals surface area (Å²) in [5.74, 6) is 0.965. The molecule has 1 N–H and O–H groups in total. The average Bonchev–Trinajstić information content (AvgIpc) is 2.36. The van der Waals surface area contributed by atoms with Crippen LogP contribution in [0.3, 0.4) is 0 Å². The van der Waals surface area contributed by atoms with Gasteiger partial charge in [0.25, 0.3) is 0 Å². The summed E-state index contributed by atoms with van der Waals surface area (Å²) < 4.78 is 0.920. The Labute approximate surface area is 112 Å². The molecule has 1 fully saturated rings. The summed E-state index contributed by atoms with van der Waals surface area (Å²) in [4.78, 5) is 4.41. The first-order valence-corrected chi connectivity index (χ1v) is 7.46. The number of nitrogens with zero attached hydrogens (tertiary/aromatic N) is 1. The molecule has 1 aliphatic rings. The number of aromatic nitrogens is 1. The lowest BCUT2D eigenvalue weighted by Crippen LogP contribution is -2.19. The Morgan fingerprint density at radius 3 is 2.82 bits per heavy atom. The molecule has 0 bridgehead atoms. The molecule has 0 unspecified atom stereocenters. The Hall–Kier alpha value is -0.410. The summed E-state index contributed by atoms with van der Waals surface area (Å²) in [5, 5.41) is 3.49. The average molecular weight is 297 g/mol. The molecule has 94 valence electrons. The van der Waals surface area contributed by atoms with Crippen LogP contribution in [0.15, 0.2) is 22.8 Å². The fourth-order valence-corrected chi connectivity index (χ4v) is 2.93. The van der Waals surface area contributed by atoms with E-state index in [1.807, 2.05) is 12.1 Å². The quantitative estimate of drug-likeness (QED) is 0.658. The van der Waals surface area contributed by atoms with E-state index in [0.717, 1.165) is 29.3 Å². The largest absolute Gasteiger partial charge is 0.311 e. The summed E-state index contributed by atoms with van der Waals surface area (Å²) in [6.07, 6.45) is 8.54. The molecule has 2 rings (SSSR count). The van der Waals surface area contributed by atoms with Crippen molar-refractivity contribution in [1.29, 1.82) is 0 Å². The molecule has 1 aromatic rings. The fourth-order valence-electron chi connectivity index (χ4n) is 2.55. The summed E-state index contributed by atoms with van der Waals surface area (Å²) in [5.41, 5.74) is 1.11. The van der Waals surface area contributed by atoms with Crippen molar-refractivity contribution in [1.82, 2.24) is 10.3 Å². The first-order valence-electron chi connectivity index (χ1n) is 6.67. The normalized spacial score (nSPS) is 17.2. The van der Waals surface area contributed by atoms with Gasteiger partial charge in [-0.05, 0) is 46.9 Å². The Bertz CT molecular complexity index is 335. The molecule has 3 heteroatoms. The van der Waals surface area contributed by atoms with Crippen molar-refractivity contribution in [3.05, 3.63) is 28.5 Å². The van der Waals surface area contributed by atoms with Crippen LogP contribution in [-0.2, 0) is 6.54 Å². The standard InChI is InChI=1S/C14H21BrN2/c15-14-8-4-7-13(17-14)11-16-10-9-12-5-2-1-3-6-12/h4,7-8,12,16H,1-3,5-6,9-11H2. The van der Waals surface area contributed by atoms with Crippen LogP contribution in [0, 0.1) is 5.92 Å². The van der Waals surface area contributed by atoms with Crippen molar-refractivity contribution in [3.8, 4) is 0 Å². The Morgan fingerprint density at radius 2 is 2.06 bits per heavy atom. The highest BCUT2D eigenvalue weighted by molar-refractivity contribution is 9.10. The summed E-state index contributed by atoms with van der Waals surface area (Å²) in [6.45, 7) is 2.00. The molecule has 2 nitrogen and oxygen atoms in total. The monoisotopic (exact) mass is 296 g/mol. The van der Waals surface area contributed by atoms with E-state index < -0.39 is 0 Å². The van der Waals surface area contributed by atoms with E-state index in [0.29, 0.717) is 0 Å². The maximum atomic E-state index is 4.41. The first kappa shape index (κ1) is 13.0. The van der Waals surface area contributed by atoms with E-state index in [4.69, 9.17) is 0 Å². The summed E-state index contributed by atoms with van der Waals surface area (Å²) >= 11 is 3.39. The number of rotatable bonds is 5. The van der Waals surface area contributed by atoms with Crippen LogP contribution in [0.2, 0.25) is 0 Å². The minimum absolute atomic E-state index is 0.881. The maximum Gasteiger partial charge on any atom is 0.106 e. The predicted octanol–water partition coefficient (Wildman–Crippen LogP) is 3.90. The molecule has 0 atom stereocenters. The summed E-state index contributed by atoms with van der Waals surface area (Å²) in [7, 11) is 0. The molecular weight excluding hydrogens is 276 g/mol. The minimum Gasteiger partial charge on any atom is -0.311 e. The molecule has 0 amide bonds. The highest BCUT2D eigenvalue weighted by atomic mass is 79.9.